The Morgan fingerprint density at radius 1 is 1.33 bits per heavy atom. The molecule has 90 valence electrons. The van der Waals surface area contributed by atoms with Crippen LogP contribution in [0.1, 0.15) is 5.69 Å². The molecule has 0 aliphatic carbocycles. The van der Waals surface area contributed by atoms with Crippen molar-refractivity contribution < 1.29 is 0 Å². The largest absolute Gasteiger partial charge is 0.269 e. The summed E-state index contributed by atoms with van der Waals surface area (Å²) in [6.45, 7) is 0. The first-order valence-electron chi connectivity index (χ1n) is 5.18. The molecular formula is C11H8N4OS2. The van der Waals surface area contributed by atoms with Crippen LogP contribution in [0, 0.1) is 0 Å². The van der Waals surface area contributed by atoms with Crippen LogP contribution in [0.25, 0.3) is 4.96 Å². The zero-order valence-electron chi connectivity index (χ0n) is 9.18. The molecule has 0 saturated carbocycles. The van der Waals surface area contributed by atoms with Crippen molar-refractivity contribution in [3.63, 3.8) is 0 Å². The number of thiazole rings is 1. The summed E-state index contributed by atoms with van der Waals surface area (Å²) >= 11 is 2.91. The van der Waals surface area contributed by atoms with Gasteiger partial charge in [0.2, 0.25) is 0 Å². The normalized spacial score (nSPS) is 10.9. The fourth-order valence-electron chi connectivity index (χ4n) is 1.46. The van der Waals surface area contributed by atoms with Crippen LogP contribution in [-0.2, 0) is 5.75 Å². The highest BCUT2D eigenvalue weighted by Crippen LogP contribution is 2.17. The number of aromatic nitrogens is 4. The fraction of sp³-hybridized carbons (Fsp3) is 0.0909. The van der Waals surface area contributed by atoms with Crippen molar-refractivity contribution in [2.24, 2.45) is 0 Å². The molecule has 0 aliphatic rings. The molecule has 0 amide bonds. The van der Waals surface area contributed by atoms with Crippen molar-refractivity contribution in [2.75, 3.05) is 0 Å². The Bertz CT molecular complexity index is 722. The second-order valence-electron chi connectivity index (χ2n) is 3.46. The van der Waals surface area contributed by atoms with Crippen molar-refractivity contribution >= 4 is 28.1 Å². The monoisotopic (exact) mass is 276 g/mol. The molecule has 3 aromatic rings. The zero-order valence-corrected chi connectivity index (χ0v) is 10.8. The molecule has 0 bridgehead atoms. The van der Waals surface area contributed by atoms with Crippen molar-refractivity contribution in [1.82, 2.24) is 19.4 Å². The molecule has 18 heavy (non-hydrogen) atoms. The summed E-state index contributed by atoms with van der Waals surface area (Å²) in [5, 5.41) is 2.53. The lowest BCUT2D eigenvalue weighted by Gasteiger charge is -2.00. The van der Waals surface area contributed by atoms with Crippen molar-refractivity contribution in [3.8, 4) is 0 Å². The van der Waals surface area contributed by atoms with Gasteiger partial charge in [0, 0.05) is 35.8 Å². The van der Waals surface area contributed by atoms with Crippen LogP contribution in [0.2, 0.25) is 0 Å². The van der Waals surface area contributed by atoms with Crippen molar-refractivity contribution in [1.29, 1.82) is 0 Å². The van der Waals surface area contributed by atoms with E-state index >= 15 is 0 Å². The summed E-state index contributed by atoms with van der Waals surface area (Å²) in [4.78, 5) is 25.1. The van der Waals surface area contributed by atoms with E-state index in [1.807, 2.05) is 5.38 Å². The molecule has 3 rings (SSSR count). The second-order valence-corrected chi connectivity index (χ2v) is 5.28. The lowest BCUT2D eigenvalue weighted by molar-refractivity contribution is 0.963. The molecule has 0 fully saturated rings. The molecular weight excluding hydrogens is 268 g/mol. The van der Waals surface area contributed by atoms with E-state index in [1.165, 1.54) is 27.5 Å². The van der Waals surface area contributed by atoms with E-state index in [9.17, 15) is 4.79 Å². The molecule has 0 saturated heterocycles. The third kappa shape index (κ3) is 2.27. The zero-order chi connectivity index (χ0) is 12.4. The van der Waals surface area contributed by atoms with E-state index in [-0.39, 0.29) is 5.56 Å². The molecule has 0 N–H and O–H groups in total. The van der Waals surface area contributed by atoms with E-state index in [0.717, 1.165) is 5.69 Å². The molecule has 0 radical (unpaired) electrons. The third-order valence-electron chi connectivity index (χ3n) is 2.25. The number of rotatable bonds is 3. The minimum atomic E-state index is -0.0502. The quantitative estimate of drug-likeness (QED) is 0.539. The summed E-state index contributed by atoms with van der Waals surface area (Å²) in [5.74, 6) is 0.591. The molecule has 3 aromatic heterocycles. The van der Waals surface area contributed by atoms with Gasteiger partial charge < -0.3 is 0 Å². The highest BCUT2D eigenvalue weighted by Gasteiger charge is 2.04. The van der Waals surface area contributed by atoms with Gasteiger partial charge in [0.05, 0.1) is 5.69 Å². The van der Waals surface area contributed by atoms with Crippen LogP contribution >= 0.6 is 23.1 Å². The van der Waals surface area contributed by atoms with Gasteiger partial charge in [0.15, 0.2) is 10.1 Å². The molecule has 3 heterocycles. The highest BCUT2D eigenvalue weighted by atomic mass is 32.2. The number of nitrogens with zero attached hydrogens (tertiary/aromatic N) is 4. The van der Waals surface area contributed by atoms with Crippen LogP contribution in [0.5, 0.6) is 0 Å². The van der Waals surface area contributed by atoms with E-state index in [0.29, 0.717) is 15.9 Å². The summed E-state index contributed by atoms with van der Waals surface area (Å²) in [6.07, 6.45) is 5.12. The smallest absolute Gasteiger partial charge is 0.258 e. The van der Waals surface area contributed by atoms with Gasteiger partial charge in [-0.3, -0.25) is 9.20 Å². The average Bonchev–Trinajstić information content (AvgIpc) is 2.86. The highest BCUT2D eigenvalue weighted by molar-refractivity contribution is 7.98. The SMILES string of the molecule is O=c1cc(CSc2ncccn2)nc2sccn12. The Kier molecular flexibility index (Phi) is 3.07. The molecule has 0 atom stereocenters. The number of fused-ring (bicyclic) bond motifs is 1. The number of hydrogen-bond acceptors (Lipinski definition) is 6. The van der Waals surface area contributed by atoms with E-state index < -0.39 is 0 Å². The topological polar surface area (TPSA) is 60.2 Å². The second kappa shape index (κ2) is 4.87. The minimum absolute atomic E-state index is 0.0502. The minimum Gasteiger partial charge on any atom is -0.269 e. The van der Waals surface area contributed by atoms with Gasteiger partial charge in [-0.1, -0.05) is 11.8 Å². The Labute approximate surface area is 111 Å². The lowest BCUT2D eigenvalue weighted by Crippen LogP contribution is -2.12. The van der Waals surface area contributed by atoms with E-state index in [4.69, 9.17) is 0 Å². The average molecular weight is 276 g/mol. The fourth-order valence-corrected chi connectivity index (χ4v) is 2.89. The van der Waals surface area contributed by atoms with Crippen LogP contribution in [0.3, 0.4) is 0 Å². The number of hydrogen-bond donors (Lipinski definition) is 0. The summed E-state index contributed by atoms with van der Waals surface area (Å²) in [5.41, 5.74) is 0.700. The maximum Gasteiger partial charge on any atom is 0.258 e. The third-order valence-corrected chi connectivity index (χ3v) is 3.91. The van der Waals surface area contributed by atoms with Gasteiger partial charge >= 0.3 is 0 Å². The van der Waals surface area contributed by atoms with Gasteiger partial charge in [0.25, 0.3) is 5.56 Å². The standard InChI is InChI=1S/C11H8N4OS2/c16-9-6-8(14-11-15(9)4-5-17-11)7-18-10-12-2-1-3-13-10/h1-6H,7H2. The Balaban J connectivity index is 1.85. The van der Waals surface area contributed by atoms with Gasteiger partial charge in [0.1, 0.15) is 0 Å². The molecule has 0 spiro atoms. The lowest BCUT2D eigenvalue weighted by atomic mass is 10.4. The first-order valence-corrected chi connectivity index (χ1v) is 7.05. The molecule has 7 heteroatoms. The molecule has 0 aromatic carbocycles. The van der Waals surface area contributed by atoms with Crippen molar-refractivity contribution in [3.05, 3.63) is 52.2 Å². The van der Waals surface area contributed by atoms with E-state index in [2.05, 4.69) is 15.0 Å². The first kappa shape index (κ1) is 11.4. The van der Waals surface area contributed by atoms with Crippen LogP contribution in [0.4, 0.5) is 0 Å². The molecule has 0 unspecified atom stereocenters. The number of thioether (sulfide) groups is 1. The van der Waals surface area contributed by atoms with Crippen LogP contribution in [0.15, 0.2) is 46.1 Å². The maximum absolute atomic E-state index is 11.8. The Morgan fingerprint density at radius 3 is 3.00 bits per heavy atom. The van der Waals surface area contributed by atoms with Crippen LogP contribution < -0.4 is 5.56 Å². The molecule has 0 aliphatic heterocycles. The van der Waals surface area contributed by atoms with Gasteiger partial charge in [-0.05, 0) is 6.07 Å². The van der Waals surface area contributed by atoms with Crippen LogP contribution in [-0.4, -0.2) is 19.4 Å². The van der Waals surface area contributed by atoms with Crippen molar-refractivity contribution in [2.45, 2.75) is 10.9 Å². The van der Waals surface area contributed by atoms with Gasteiger partial charge in [-0.25, -0.2) is 15.0 Å². The first-order chi connectivity index (χ1) is 8.83. The Morgan fingerprint density at radius 2 is 2.17 bits per heavy atom. The predicted molar refractivity (Wildman–Crippen MR) is 70.9 cm³/mol. The predicted octanol–water partition coefficient (Wildman–Crippen LogP) is 1.84. The van der Waals surface area contributed by atoms with Gasteiger partial charge in [-0.2, -0.15) is 0 Å². The Hall–Kier alpha value is -1.73. The maximum atomic E-state index is 11.8. The van der Waals surface area contributed by atoms with Gasteiger partial charge in [-0.15, -0.1) is 11.3 Å². The summed E-state index contributed by atoms with van der Waals surface area (Å²) in [6, 6.07) is 3.32. The molecule has 5 nitrogen and oxygen atoms in total. The summed E-state index contributed by atoms with van der Waals surface area (Å²) in [7, 11) is 0. The van der Waals surface area contributed by atoms with E-state index in [1.54, 1.807) is 30.7 Å². The summed E-state index contributed by atoms with van der Waals surface area (Å²) < 4.78 is 1.54.